The number of nitrogens with zero attached hydrogens (tertiary/aromatic N) is 1. The summed E-state index contributed by atoms with van der Waals surface area (Å²) in [7, 11) is 0. The summed E-state index contributed by atoms with van der Waals surface area (Å²) in [5, 5.41) is 2.95. The predicted molar refractivity (Wildman–Crippen MR) is 81.1 cm³/mol. The maximum Gasteiger partial charge on any atom is 0.227 e. The predicted octanol–water partition coefficient (Wildman–Crippen LogP) is 2.73. The summed E-state index contributed by atoms with van der Waals surface area (Å²) >= 11 is 0. The van der Waals surface area contributed by atoms with Gasteiger partial charge in [-0.2, -0.15) is 0 Å². The molecule has 1 aliphatic rings. The first-order valence-electron chi connectivity index (χ1n) is 7.28. The molecule has 1 aromatic heterocycles. The molecule has 0 aromatic carbocycles. The average molecular weight is 273 g/mol. The molecule has 0 radical (unpaired) electrons. The molecule has 1 aliphatic carbocycles. The van der Waals surface area contributed by atoms with E-state index in [9.17, 15) is 4.79 Å². The Morgan fingerprint density at radius 2 is 2.05 bits per heavy atom. The van der Waals surface area contributed by atoms with Gasteiger partial charge in [0, 0.05) is 30.0 Å². The Bertz CT molecular complexity index is 438. The molecule has 1 heterocycles. The Hall–Kier alpha value is -1.68. The van der Waals surface area contributed by atoms with Gasteiger partial charge in [0.05, 0.1) is 0 Å². The summed E-state index contributed by atoms with van der Waals surface area (Å²) in [6.45, 7) is 3.74. The highest BCUT2D eigenvalue weighted by Crippen LogP contribution is 2.31. The normalized spacial score (nSPS) is 23.9. The molecule has 0 bridgehead atoms. The first-order chi connectivity index (χ1) is 9.70. The number of nitrogens with two attached hydrogens (primary N) is 1. The van der Waals surface area contributed by atoms with E-state index in [1.54, 1.807) is 12.4 Å². The molecular formula is C16H23N3O. The van der Waals surface area contributed by atoms with Gasteiger partial charge in [0.15, 0.2) is 0 Å². The van der Waals surface area contributed by atoms with Crippen molar-refractivity contribution in [3.05, 3.63) is 37.2 Å². The number of hydrogen-bond acceptors (Lipinski definition) is 3. The molecular weight excluding hydrogens is 250 g/mol. The zero-order chi connectivity index (χ0) is 14.4. The van der Waals surface area contributed by atoms with Crippen LogP contribution in [0.3, 0.4) is 0 Å². The van der Waals surface area contributed by atoms with Crippen molar-refractivity contribution in [2.75, 3.05) is 5.32 Å². The maximum absolute atomic E-state index is 12.2. The first kappa shape index (κ1) is 14.7. The summed E-state index contributed by atoms with van der Waals surface area (Å²) in [6.07, 6.45) is 10.0. The van der Waals surface area contributed by atoms with E-state index in [-0.39, 0.29) is 17.9 Å². The third-order valence-electron chi connectivity index (χ3n) is 4.13. The summed E-state index contributed by atoms with van der Waals surface area (Å²) < 4.78 is 0. The van der Waals surface area contributed by atoms with E-state index < -0.39 is 0 Å². The standard InChI is InChI=1S/C16H23N3O/c1-2-3-15(17)12-4-6-13(7-5-12)16(20)19-14-8-10-18-11-9-14/h2,8-13,15H,1,3-7,17H2,(H,18,19,20)/t12?,13?,15-/m0/s1. The number of carbonyl (C=O) groups excluding carboxylic acids is 1. The van der Waals surface area contributed by atoms with Crippen LogP contribution in [0.5, 0.6) is 0 Å². The second-order valence-corrected chi connectivity index (χ2v) is 5.53. The highest BCUT2D eigenvalue weighted by molar-refractivity contribution is 5.92. The molecule has 3 N–H and O–H groups in total. The van der Waals surface area contributed by atoms with E-state index in [0.29, 0.717) is 5.92 Å². The number of hydrogen-bond donors (Lipinski definition) is 2. The lowest BCUT2D eigenvalue weighted by Crippen LogP contribution is -2.35. The van der Waals surface area contributed by atoms with Crippen molar-refractivity contribution in [2.24, 2.45) is 17.6 Å². The minimum absolute atomic E-state index is 0.107. The SMILES string of the molecule is C=CC[C@H](N)C1CCC(C(=O)Nc2ccncc2)CC1. The summed E-state index contributed by atoms with van der Waals surface area (Å²) in [4.78, 5) is 16.1. The first-order valence-corrected chi connectivity index (χ1v) is 7.28. The molecule has 0 aliphatic heterocycles. The lowest BCUT2D eigenvalue weighted by atomic mass is 9.77. The summed E-state index contributed by atoms with van der Waals surface area (Å²) in [6, 6.07) is 3.81. The van der Waals surface area contributed by atoms with E-state index in [1.807, 2.05) is 18.2 Å². The van der Waals surface area contributed by atoms with Crippen molar-refractivity contribution in [3.63, 3.8) is 0 Å². The molecule has 20 heavy (non-hydrogen) atoms. The molecule has 0 saturated heterocycles. The van der Waals surface area contributed by atoms with Gasteiger partial charge in [-0.05, 0) is 50.2 Å². The third kappa shape index (κ3) is 3.90. The van der Waals surface area contributed by atoms with Crippen LogP contribution in [0.25, 0.3) is 0 Å². The molecule has 0 spiro atoms. The molecule has 108 valence electrons. The van der Waals surface area contributed by atoms with Crippen molar-refractivity contribution in [2.45, 2.75) is 38.1 Å². The molecule has 0 unspecified atom stereocenters. The molecule has 1 aromatic rings. The lowest BCUT2D eigenvalue weighted by Gasteiger charge is -2.31. The molecule has 4 nitrogen and oxygen atoms in total. The second-order valence-electron chi connectivity index (χ2n) is 5.53. The Kier molecular flexibility index (Phi) is 5.30. The fraction of sp³-hybridized carbons (Fsp3) is 0.500. The number of amides is 1. The Morgan fingerprint density at radius 1 is 1.40 bits per heavy atom. The number of aromatic nitrogens is 1. The van der Waals surface area contributed by atoms with Gasteiger partial charge in [0.25, 0.3) is 0 Å². The van der Waals surface area contributed by atoms with Crippen molar-refractivity contribution >= 4 is 11.6 Å². The van der Waals surface area contributed by atoms with Crippen LogP contribution in [0.15, 0.2) is 37.2 Å². The second kappa shape index (κ2) is 7.20. The van der Waals surface area contributed by atoms with Gasteiger partial charge in [-0.1, -0.05) is 6.08 Å². The smallest absolute Gasteiger partial charge is 0.227 e. The van der Waals surface area contributed by atoms with Gasteiger partial charge >= 0.3 is 0 Å². The molecule has 1 saturated carbocycles. The van der Waals surface area contributed by atoms with E-state index in [1.165, 1.54) is 0 Å². The molecule has 1 atom stereocenters. The minimum Gasteiger partial charge on any atom is -0.327 e. The van der Waals surface area contributed by atoms with Crippen LogP contribution >= 0.6 is 0 Å². The van der Waals surface area contributed by atoms with E-state index in [2.05, 4.69) is 16.9 Å². The number of carbonyl (C=O) groups is 1. The van der Waals surface area contributed by atoms with Gasteiger partial charge in [-0.3, -0.25) is 9.78 Å². The van der Waals surface area contributed by atoms with Gasteiger partial charge in [0.1, 0.15) is 0 Å². The summed E-state index contributed by atoms with van der Waals surface area (Å²) in [5.74, 6) is 0.750. The fourth-order valence-corrected chi connectivity index (χ4v) is 2.87. The van der Waals surface area contributed by atoms with Crippen LogP contribution in [-0.4, -0.2) is 16.9 Å². The zero-order valence-electron chi connectivity index (χ0n) is 11.8. The Balaban J connectivity index is 1.81. The average Bonchev–Trinajstić information content (AvgIpc) is 2.48. The Labute approximate surface area is 120 Å². The number of pyridine rings is 1. The fourth-order valence-electron chi connectivity index (χ4n) is 2.87. The highest BCUT2D eigenvalue weighted by Gasteiger charge is 2.28. The number of nitrogens with one attached hydrogen (secondary N) is 1. The van der Waals surface area contributed by atoms with E-state index in [0.717, 1.165) is 37.8 Å². The van der Waals surface area contributed by atoms with Crippen molar-refractivity contribution in [1.82, 2.24) is 4.98 Å². The zero-order valence-corrected chi connectivity index (χ0v) is 11.8. The minimum atomic E-state index is 0.107. The van der Waals surface area contributed by atoms with Crippen molar-refractivity contribution in [1.29, 1.82) is 0 Å². The van der Waals surface area contributed by atoms with Gasteiger partial charge in [-0.25, -0.2) is 0 Å². The maximum atomic E-state index is 12.2. The van der Waals surface area contributed by atoms with Crippen molar-refractivity contribution < 1.29 is 4.79 Å². The monoisotopic (exact) mass is 273 g/mol. The molecule has 1 amide bonds. The molecule has 2 rings (SSSR count). The summed E-state index contributed by atoms with van der Waals surface area (Å²) in [5.41, 5.74) is 6.94. The van der Waals surface area contributed by atoms with Crippen LogP contribution in [-0.2, 0) is 4.79 Å². The number of rotatable bonds is 5. The third-order valence-corrected chi connectivity index (χ3v) is 4.13. The van der Waals surface area contributed by atoms with Crippen LogP contribution in [0.1, 0.15) is 32.1 Å². The van der Waals surface area contributed by atoms with E-state index >= 15 is 0 Å². The Morgan fingerprint density at radius 3 is 2.65 bits per heavy atom. The van der Waals surface area contributed by atoms with Gasteiger partial charge < -0.3 is 11.1 Å². The van der Waals surface area contributed by atoms with Gasteiger partial charge in [0.2, 0.25) is 5.91 Å². The highest BCUT2D eigenvalue weighted by atomic mass is 16.1. The molecule has 4 heteroatoms. The van der Waals surface area contributed by atoms with Crippen LogP contribution in [0.4, 0.5) is 5.69 Å². The largest absolute Gasteiger partial charge is 0.327 e. The quantitative estimate of drug-likeness (QED) is 0.810. The van der Waals surface area contributed by atoms with E-state index in [4.69, 9.17) is 5.73 Å². The van der Waals surface area contributed by atoms with Crippen LogP contribution < -0.4 is 11.1 Å². The number of anilines is 1. The molecule has 1 fully saturated rings. The van der Waals surface area contributed by atoms with Crippen molar-refractivity contribution in [3.8, 4) is 0 Å². The topological polar surface area (TPSA) is 68.0 Å². The van der Waals surface area contributed by atoms with Gasteiger partial charge in [-0.15, -0.1) is 6.58 Å². The lowest BCUT2D eigenvalue weighted by molar-refractivity contribution is -0.121. The van der Waals surface area contributed by atoms with Crippen LogP contribution in [0.2, 0.25) is 0 Å². The van der Waals surface area contributed by atoms with Crippen LogP contribution in [0, 0.1) is 11.8 Å².